The molecular formula is C13H18N2OS2. The van der Waals surface area contributed by atoms with E-state index in [2.05, 4.69) is 31.0 Å². The third-order valence-electron chi connectivity index (χ3n) is 2.73. The van der Waals surface area contributed by atoms with Crippen molar-refractivity contribution < 1.29 is 4.42 Å². The number of aromatic nitrogens is 1. The lowest BCUT2D eigenvalue weighted by Gasteiger charge is -2.19. The molecule has 2 heterocycles. The summed E-state index contributed by atoms with van der Waals surface area (Å²) < 4.78 is 5.42. The number of rotatable bonds is 5. The number of oxazole rings is 1. The molecule has 0 aliphatic rings. The Morgan fingerprint density at radius 3 is 2.72 bits per heavy atom. The van der Waals surface area contributed by atoms with Crippen molar-refractivity contribution in [2.45, 2.75) is 43.7 Å². The van der Waals surface area contributed by atoms with E-state index in [1.165, 1.54) is 9.75 Å². The Morgan fingerprint density at radius 1 is 1.44 bits per heavy atom. The third-order valence-corrected chi connectivity index (χ3v) is 5.21. The van der Waals surface area contributed by atoms with Crippen molar-refractivity contribution in [2.75, 3.05) is 0 Å². The van der Waals surface area contributed by atoms with E-state index in [1.807, 2.05) is 6.92 Å². The van der Waals surface area contributed by atoms with Crippen LogP contribution in [-0.4, -0.2) is 11.0 Å². The standard InChI is InChI=1S/C13H18N2OS2/c1-4-10(14)12(11-6-5-9(3)17-11)18-13-15-8(2)7-16-13/h5-7,10,12H,4,14H2,1-3H3. The van der Waals surface area contributed by atoms with Crippen LogP contribution in [0.25, 0.3) is 0 Å². The van der Waals surface area contributed by atoms with E-state index in [0.29, 0.717) is 5.22 Å². The maximum atomic E-state index is 6.23. The van der Waals surface area contributed by atoms with E-state index in [4.69, 9.17) is 10.2 Å². The highest BCUT2D eigenvalue weighted by molar-refractivity contribution is 7.99. The Bertz CT molecular complexity index is 507. The van der Waals surface area contributed by atoms with Gasteiger partial charge in [-0.15, -0.1) is 11.3 Å². The van der Waals surface area contributed by atoms with Gasteiger partial charge < -0.3 is 10.2 Å². The minimum absolute atomic E-state index is 0.111. The van der Waals surface area contributed by atoms with E-state index >= 15 is 0 Å². The van der Waals surface area contributed by atoms with Crippen LogP contribution in [0.4, 0.5) is 0 Å². The van der Waals surface area contributed by atoms with E-state index in [9.17, 15) is 0 Å². The Hall–Kier alpha value is -0.780. The van der Waals surface area contributed by atoms with Gasteiger partial charge in [0.05, 0.1) is 10.9 Å². The molecule has 0 saturated heterocycles. The van der Waals surface area contributed by atoms with Gasteiger partial charge in [0.25, 0.3) is 5.22 Å². The van der Waals surface area contributed by atoms with Crippen LogP contribution in [-0.2, 0) is 0 Å². The SMILES string of the molecule is CCC(N)C(Sc1nc(C)co1)c1ccc(C)s1. The Balaban J connectivity index is 2.20. The molecule has 0 aromatic carbocycles. The molecule has 0 spiro atoms. The van der Waals surface area contributed by atoms with E-state index < -0.39 is 0 Å². The number of hydrogen-bond donors (Lipinski definition) is 1. The molecule has 2 aromatic rings. The highest BCUT2D eigenvalue weighted by Crippen LogP contribution is 2.40. The molecule has 2 atom stereocenters. The van der Waals surface area contributed by atoms with Crippen LogP contribution in [0.5, 0.6) is 0 Å². The van der Waals surface area contributed by atoms with Crippen LogP contribution >= 0.6 is 23.1 Å². The number of aryl methyl sites for hydroxylation is 2. The zero-order chi connectivity index (χ0) is 13.1. The Kier molecular flexibility index (Phi) is 4.48. The van der Waals surface area contributed by atoms with Gasteiger partial charge in [-0.2, -0.15) is 0 Å². The lowest BCUT2D eigenvalue weighted by molar-refractivity contribution is 0.451. The molecule has 0 aliphatic carbocycles. The summed E-state index contributed by atoms with van der Waals surface area (Å²) >= 11 is 3.41. The molecule has 2 rings (SSSR count). The van der Waals surface area contributed by atoms with E-state index in [1.54, 1.807) is 29.4 Å². The highest BCUT2D eigenvalue weighted by atomic mass is 32.2. The molecule has 3 nitrogen and oxygen atoms in total. The van der Waals surface area contributed by atoms with Crippen molar-refractivity contribution in [1.82, 2.24) is 4.98 Å². The van der Waals surface area contributed by atoms with Crippen molar-refractivity contribution in [3.63, 3.8) is 0 Å². The molecule has 2 aromatic heterocycles. The second-order valence-corrected chi connectivity index (χ2v) is 6.73. The second kappa shape index (κ2) is 5.91. The maximum absolute atomic E-state index is 6.23. The topological polar surface area (TPSA) is 52.0 Å². The summed E-state index contributed by atoms with van der Waals surface area (Å²) in [6.45, 7) is 6.15. The summed E-state index contributed by atoms with van der Waals surface area (Å²) in [5.41, 5.74) is 7.14. The fourth-order valence-electron chi connectivity index (χ4n) is 1.67. The molecule has 0 fully saturated rings. The van der Waals surface area contributed by atoms with Crippen molar-refractivity contribution in [3.8, 4) is 0 Å². The average Bonchev–Trinajstić information content (AvgIpc) is 2.94. The van der Waals surface area contributed by atoms with Gasteiger partial charge in [-0.25, -0.2) is 4.98 Å². The molecule has 0 amide bonds. The van der Waals surface area contributed by atoms with Gasteiger partial charge in [-0.3, -0.25) is 0 Å². The van der Waals surface area contributed by atoms with Gasteiger partial charge in [-0.1, -0.05) is 18.7 Å². The summed E-state index contributed by atoms with van der Waals surface area (Å²) in [7, 11) is 0. The van der Waals surface area contributed by atoms with Gasteiger partial charge in [0.1, 0.15) is 6.26 Å². The van der Waals surface area contributed by atoms with Crippen LogP contribution in [0.15, 0.2) is 28.0 Å². The van der Waals surface area contributed by atoms with Crippen molar-refractivity contribution >= 4 is 23.1 Å². The molecule has 0 saturated carbocycles. The number of nitrogens with two attached hydrogens (primary N) is 1. The third kappa shape index (κ3) is 3.16. The zero-order valence-electron chi connectivity index (χ0n) is 10.8. The molecule has 0 bridgehead atoms. The first kappa shape index (κ1) is 13.6. The molecule has 0 aliphatic heterocycles. The van der Waals surface area contributed by atoms with Crippen LogP contribution in [0, 0.1) is 13.8 Å². The molecule has 2 N–H and O–H groups in total. The maximum Gasteiger partial charge on any atom is 0.256 e. The smallest absolute Gasteiger partial charge is 0.256 e. The van der Waals surface area contributed by atoms with Crippen molar-refractivity contribution in [1.29, 1.82) is 0 Å². The lowest BCUT2D eigenvalue weighted by atomic mass is 10.1. The summed E-state index contributed by atoms with van der Waals surface area (Å²) in [4.78, 5) is 6.95. The quantitative estimate of drug-likeness (QED) is 0.844. The number of thioether (sulfide) groups is 1. The van der Waals surface area contributed by atoms with Gasteiger partial charge in [0.15, 0.2) is 0 Å². The number of hydrogen-bond acceptors (Lipinski definition) is 5. The molecule has 0 radical (unpaired) electrons. The normalized spacial score (nSPS) is 14.7. The minimum atomic E-state index is 0.111. The second-order valence-electron chi connectivity index (χ2n) is 4.31. The Labute approximate surface area is 116 Å². The van der Waals surface area contributed by atoms with Crippen molar-refractivity contribution in [3.05, 3.63) is 33.8 Å². The van der Waals surface area contributed by atoms with Gasteiger partial charge in [-0.05, 0) is 32.4 Å². The average molecular weight is 282 g/mol. The van der Waals surface area contributed by atoms with E-state index in [-0.39, 0.29) is 11.3 Å². The van der Waals surface area contributed by atoms with Crippen molar-refractivity contribution in [2.24, 2.45) is 5.73 Å². The van der Waals surface area contributed by atoms with Crippen LogP contribution in [0.2, 0.25) is 0 Å². The first-order chi connectivity index (χ1) is 8.60. The fourth-order valence-corrected chi connectivity index (χ4v) is 3.98. The first-order valence-corrected chi connectivity index (χ1v) is 7.70. The largest absolute Gasteiger partial charge is 0.440 e. The Morgan fingerprint density at radius 2 is 2.22 bits per heavy atom. The summed E-state index contributed by atoms with van der Waals surface area (Å²) in [6, 6.07) is 4.40. The predicted molar refractivity (Wildman–Crippen MR) is 77.2 cm³/mol. The first-order valence-electron chi connectivity index (χ1n) is 6.01. The monoisotopic (exact) mass is 282 g/mol. The predicted octanol–water partition coefficient (Wildman–Crippen LogP) is 3.92. The molecule has 5 heteroatoms. The highest BCUT2D eigenvalue weighted by Gasteiger charge is 2.23. The summed E-state index contributed by atoms with van der Waals surface area (Å²) in [5.74, 6) is 0. The fraction of sp³-hybridized carbons (Fsp3) is 0.462. The van der Waals surface area contributed by atoms with E-state index in [0.717, 1.165) is 12.1 Å². The molecule has 2 unspecified atom stereocenters. The summed E-state index contributed by atoms with van der Waals surface area (Å²) in [5, 5.41) is 0.916. The lowest BCUT2D eigenvalue weighted by Crippen LogP contribution is -2.25. The number of thiophene rings is 1. The molecule has 98 valence electrons. The molecular weight excluding hydrogens is 264 g/mol. The van der Waals surface area contributed by atoms with Gasteiger partial charge in [0.2, 0.25) is 0 Å². The number of nitrogens with zero attached hydrogens (tertiary/aromatic N) is 1. The van der Waals surface area contributed by atoms with Gasteiger partial charge in [0, 0.05) is 15.8 Å². The zero-order valence-corrected chi connectivity index (χ0v) is 12.5. The molecule has 18 heavy (non-hydrogen) atoms. The summed E-state index contributed by atoms with van der Waals surface area (Å²) in [6.07, 6.45) is 2.62. The van der Waals surface area contributed by atoms with Crippen LogP contribution < -0.4 is 5.73 Å². The van der Waals surface area contributed by atoms with Gasteiger partial charge >= 0.3 is 0 Å². The van der Waals surface area contributed by atoms with Crippen LogP contribution in [0.3, 0.4) is 0 Å². The minimum Gasteiger partial charge on any atom is -0.440 e. The van der Waals surface area contributed by atoms with Crippen LogP contribution in [0.1, 0.15) is 34.0 Å².